The van der Waals surface area contributed by atoms with Crippen molar-refractivity contribution in [3.05, 3.63) is 22.4 Å². The molecule has 4 heteroatoms. The predicted octanol–water partition coefficient (Wildman–Crippen LogP) is 1.78. The Morgan fingerprint density at radius 3 is 2.50 bits per heavy atom. The summed E-state index contributed by atoms with van der Waals surface area (Å²) in [5.74, 6) is 0.353. The van der Waals surface area contributed by atoms with Crippen LogP contribution in [0.4, 0.5) is 0 Å². The number of nitrogens with one attached hydrogen (secondary N) is 1. The number of amides is 1. The van der Waals surface area contributed by atoms with Crippen LogP contribution in [0.15, 0.2) is 17.5 Å². The molecule has 96 valence electrons. The summed E-state index contributed by atoms with van der Waals surface area (Å²) in [7, 11) is 0. The maximum absolute atomic E-state index is 12.5. The van der Waals surface area contributed by atoms with Crippen LogP contribution in [0.1, 0.15) is 30.6 Å². The second-order valence-electron chi connectivity index (χ2n) is 5.87. The molecule has 0 aromatic carbocycles. The van der Waals surface area contributed by atoms with Gasteiger partial charge in [0, 0.05) is 29.0 Å². The zero-order valence-corrected chi connectivity index (χ0v) is 11.2. The number of piperidine rings is 4. The van der Waals surface area contributed by atoms with E-state index >= 15 is 0 Å². The van der Waals surface area contributed by atoms with Crippen LogP contribution < -0.4 is 5.32 Å². The lowest BCUT2D eigenvalue weighted by molar-refractivity contribution is -0.144. The SMILES string of the molecule is O=C(Cc1cccs1)N1C2CC3CC1CC(C2)N3. The third-order valence-corrected chi connectivity index (χ3v) is 5.55. The first-order valence-corrected chi connectivity index (χ1v) is 7.77. The minimum absolute atomic E-state index is 0.353. The van der Waals surface area contributed by atoms with Crippen molar-refractivity contribution in [2.75, 3.05) is 0 Å². The summed E-state index contributed by atoms with van der Waals surface area (Å²) < 4.78 is 0. The second kappa shape index (κ2) is 4.07. The van der Waals surface area contributed by atoms with Gasteiger partial charge in [0.1, 0.15) is 0 Å². The van der Waals surface area contributed by atoms with Crippen LogP contribution in [0.3, 0.4) is 0 Å². The minimum Gasteiger partial charge on any atom is -0.336 e. The Morgan fingerprint density at radius 1 is 1.28 bits per heavy atom. The molecule has 18 heavy (non-hydrogen) atoms. The van der Waals surface area contributed by atoms with E-state index < -0.39 is 0 Å². The first kappa shape index (κ1) is 11.0. The first-order chi connectivity index (χ1) is 8.79. The van der Waals surface area contributed by atoms with Gasteiger partial charge in [-0.1, -0.05) is 6.07 Å². The van der Waals surface area contributed by atoms with E-state index in [4.69, 9.17) is 0 Å². The van der Waals surface area contributed by atoms with Crippen molar-refractivity contribution >= 4 is 17.2 Å². The average Bonchev–Trinajstić information content (AvgIpc) is 2.80. The van der Waals surface area contributed by atoms with Crippen LogP contribution in [-0.4, -0.2) is 35.0 Å². The number of hydrogen-bond acceptors (Lipinski definition) is 3. The quantitative estimate of drug-likeness (QED) is 0.881. The lowest BCUT2D eigenvalue weighted by atomic mass is 9.74. The summed E-state index contributed by atoms with van der Waals surface area (Å²) in [6.07, 6.45) is 5.28. The molecule has 1 aromatic rings. The number of carbonyl (C=O) groups excluding carboxylic acids is 1. The molecule has 4 bridgehead atoms. The number of thiophene rings is 1. The lowest BCUT2D eigenvalue weighted by Gasteiger charge is -2.57. The van der Waals surface area contributed by atoms with Crippen LogP contribution >= 0.6 is 11.3 Å². The molecule has 0 radical (unpaired) electrons. The molecule has 0 atom stereocenters. The van der Waals surface area contributed by atoms with Crippen LogP contribution in [0.2, 0.25) is 0 Å². The van der Waals surface area contributed by atoms with Crippen LogP contribution in [0, 0.1) is 0 Å². The molecule has 5 heterocycles. The van der Waals surface area contributed by atoms with Gasteiger partial charge in [0.05, 0.1) is 6.42 Å². The number of carbonyl (C=O) groups is 1. The predicted molar refractivity (Wildman–Crippen MR) is 71.6 cm³/mol. The van der Waals surface area contributed by atoms with E-state index in [1.54, 1.807) is 11.3 Å². The van der Waals surface area contributed by atoms with Crippen molar-refractivity contribution in [1.29, 1.82) is 0 Å². The fraction of sp³-hybridized carbons (Fsp3) is 0.643. The third kappa shape index (κ3) is 1.70. The number of hydrogen-bond donors (Lipinski definition) is 1. The highest BCUT2D eigenvalue weighted by molar-refractivity contribution is 7.10. The molecule has 4 fully saturated rings. The molecular formula is C14H18N2OS. The zero-order valence-electron chi connectivity index (χ0n) is 10.3. The summed E-state index contributed by atoms with van der Waals surface area (Å²) in [5, 5.41) is 5.74. The summed E-state index contributed by atoms with van der Waals surface area (Å²) in [4.78, 5) is 15.9. The molecule has 1 N–H and O–H groups in total. The molecule has 1 amide bonds. The highest BCUT2D eigenvalue weighted by Crippen LogP contribution is 2.39. The van der Waals surface area contributed by atoms with Gasteiger partial charge in [-0.3, -0.25) is 4.79 Å². The maximum atomic E-state index is 12.5. The van der Waals surface area contributed by atoms with Gasteiger partial charge in [0.15, 0.2) is 0 Å². The van der Waals surface area contributed by atoms with Gasteiger partial charge in [0.25, 0.3) is 0 Å². The molecule has 4 saturated heterocycles. The van der Waals surface area contributed by atoms with Crippen molar-refractivity contribution in [1.82, 2.24) is 10.2 Å². The monoisotopic (exact) mass is 262 g/mol. The Labute approximate surface area is 111 Å². The normalized spacial score (nSPS) is 37.2. The maximum Gasteiger partial charge on any atom is 0.228 e. The summed E-state index contributed by atoms with van der Waals surface area (Å²) in [6, 6.07) is 6.49. The van der Waals surface area contributed by atoms with Gasteiger partial charge in [-0.2, -0.15) is 0 Å². The molecule has 5 rings (SSSR count). The summed E-state index contributed by atoms with van der Waals surface area (Å²) in [6.45, 7) is 0. The molecule has 4 aliphatic heterocycles. The first-order valence-electron chi connectivity index (χ1n) is 6.89. The summed E-state index contributed by atoms with van der Waals surface area (Å²) in [5.41, 5.74) is 0. The highest BCUT2D eigenvalue weighted by atomic mass is 32.1. The van der Waals surface area contributed by atoms with Gasteiger partial charge < -0.3 is 10.2 Å². The highest BCUT2D eigenvalue weighted by Gasteiger charge is 2.48. The second-order valence-corrected chi connectivity index (χ2v) is 6.90. The molecule has 0 aliphatic carbocycles. The molecule has 3 nitrogen and oxygen atoms in total. The van der Waals surface area contributed by atoms with Crippen LogP contribution in [0.25, 0.3) is 0 Å². The fourth-order valence-corrected chi connectivity index (χ4v) is 4.81. The van der Waals surface area contributed by atoms with Crippen molar-refractivity contribution in [2.45, 2.75) is 56.3 Å². The van der Waals surface area contributed by atoms with Crippen LogP contribution in [0.5, 0.6) is 0 Å². The van der Waals surface area contributed by atoms with Gasteiger partial charge in [-0.05, 0) is 37.1 Å². The van der Waals surface area contributed by atoms with Crippen molar-refractivity contribution in [3.63, 3.8) is 0 Å². The standard InChI is InChI=1S/C14H18N2OS/c17-14(8-13-2-1-3-18-13)16-11-4-9-5-12(16)7-10(6-11)15-9/h1-3,9-12,15H,4-8H2. The van der Waals surface area contributed by atoms with E-state index in [9.17, 15) is 4.79 Å². The number of rotatable bonds is 2. The Bertz CT molecular complexity index is 428. The van der Waals surface area contributed by atoms with Gasteiger partial charge in [0.2, 0.25) is 5.91 Å². The van der Waals surface area contributed by atoms with Crippen molar-refractivity contribution in [2.24, 2.45) is 0 Å². The molecule has 1 aromatic heterocycles. The van der Waals surface area contributed by atoms with Gasteiger partial charge in [-0.25, -0.2) is 0 Å². The fourth-order valence-electron chi connectivity index (χ4n) is 4.12. The Kier molecular flexibility index (Phi) is 2.49. The van der Waals surface area contributed by atoms with Crippen molar-refractivity contribution in [3.8, 4) is 0 Å². The topological polar surface area (TPSA) is 32.3 Å². The molecule has 0 spiro atoms. The minimum atomic E-state index is 0.353. The largest absolute Gasteiger partial charge is 0.336 e. The molecule has 4 aliphatic rings. The van der Waals surface area contributed by atoms with E-state index in [2.05, 4.69) is 21.7 Å². The van der Waals surface area contributed by atoms with Crippen LogP contribution in [-0.2, 0) is 11.2 Å². The Balaban J connectivity index is 1.52. The molecule has 0 unspecified atom stereocenters. The zero-order chi connectivity index (χ0) is 12.1. The number of nitrogens with zero attached hydrogens (tertiary/aromatic N) is 1. The van der Waals surface area contributed by atoms with E-state index in [1.807, 2.05) is 6.07 Å². The lowest BCUT2D eigenvalue weighted by Crippen LogP contribution is -2.68. The summed E-state index contributed by atoms with van der Waals surface area (Å²) >= 11 is 1.69. The Hall–Kier alpha value is -0.870. The molecule has 0 saturated carbocycles. The molecular weight excluding hydrogens is 244 g/mol. The smallest absolute Gasteiger partial charge is 0.228 e. The van der Waals surface area contributed by atoms with E-state index in [-0.39, 0.29) is 0 Å². The van der Waals surface area contributed by atoms with E-state index in [1.165, 1.54) is 30.6 Å². The Morgan fingerprint density at radius 2 is 1.94 bits per heavy atom. The third-order valence-electron chi connectivity index (χ3n) is 4.68. The van der Waals surface area contributed by atoms with Crippen molar-refractivity contribution < 1.29 is 4.79 Å². The van der Waals surface area contributed by atoms with Gasteiger partial charge in [-0.15, -0.1) is 11.3 Å². The van der Waals surface area contributed by atoms with E-state index in [0.717, 1.165) is 0 Å². The van der Waals surface area contributed by atoms with Gasteiger partial charge >= 0.3 is 0 Å². The van der Waals surface area contributed by atoms with E-state index in [0.29, 0.717) is 36.5 Å². The average molecular weight is 262 g/mol.